The monoisotopic (exact) mass is 366 g/mol. The van der Waals surface area contributed by atoms with Crippen molar-refractivity contribution in [2.45, 2.75) is 51.2 Å². The number of hydrogen-bond acceptors (Lipinski definition) is 6. The van der Waals surface area contributed by atoms with Crippen LogP contribution in [0, 0.1) is 6.92 Å². The third kappa shape index (κ3) is 3.42. The first-order valence-corrected chi connectivity index (χ1v) is 9.49. The van der Waals surface area contributed by atoms with Crippen LogP contribution in [-0.4, -0.2) is 23.0 Å². The summed E-state index contributed by atoms with van der Waals surface area (Å²) in [6, 6.07) is 8.19. The fourth-order valence-electron chi connectivity index (χ4n) is 3.91. The van der Waals surface area contributed by atoms with Crippen LogP contribution in [0.15, 0.2) is 24.3 Å². The van der Waals surface area contributed by atoms with Gasteiger partial charge < -0.3 is 27.4 Å². The van der Waals surface area contributed by atoms with Crippen LogP contribution in [0.2, 0.25) is 0 Å². The number of anilines is 4. The fourth-order valence-corrected chi connectivity index (χ4v) is 3.91. The van der Waals surface area contributed by atoms with Crippen molar-refractivity contribution in [3.05, 3.63) is 41.0 Å². The summed E-state index contributed by atoms with van der Waals surface area (Å²) in [4.78, 5) is 17.0. The van der Waals surface area contributed by atoms with Gasteiger partial charge in [0.05, 0.1) is 11.3 Å². The van der Waals surface area contributed by atoms with E-state index in [1.165, 1.54) is 0 Å². The van der Waals surface area contributed by atoms with Crippen LogP contribution >= 0.6 is 0 Å². The average Bonchev–Trinajstić information content (AvgIpc) is 3.03. The molecule has 7 heteroatoms. The molecule has 2 atom stereocenters. The van der Waals surface area contributed by atoms with Crippen molar-refractivity contribution in [3.8, 4) is 0 Å². The number of aromatic nitrogens is 1. The molecule has 1 aromatic heterocycles. The zero-order valence-corrected chi connectivity index (χ0v) is 15.5. The van der Waals surface area contributed by atoms with E-state index in [1.54, 1.807) is 0 Å². The Morgan fingerprint density at radius 3 is 2.81 bits per heavy atom. The molecule has 0 radical (unpaired) electrons. The second kappa shape index (κ2) is 7.08. The highest BCUT2D eigenvalue weighted by molar-refractivity contribution is 6.05. The Morgan fingerprint density at radius 2 is 2.04 bits per heavy atom. The van der Waals surface area contributed by atoms with Gasteiger partial charge in [0.25, 0.3) is 5.91 Å². The maximum atomic E-state index is 12.4. The van der Waals surface area contributed by atoms with Crippen molar-refractivity contribution < 1.29 is 4.79 Å². The van der Waals surface area contributed by atoms with Gasteiger partial charge in [-0.1, -0.05) is 25.0 Å². The van der Waals surface area contributed by atoms with Crippen LogP contribution in [0.1, 0.15) is 47.2 Å². The minimum absolute atomic E-state index is 0.0844. The van der Waals surface area contributed by atoms with E-state index in [1.807, 2.05) is 31.2 Å². The Kier molecular flexibility index (Phi) is 4.61. The molecule has 1 saturated carbocycles. The lowest BCUT2D eigenvalue weighted by Gasteiger charge is -2.30. The third-order valence-electron chi connectivity index (χ3n) is 5.42. The van der Waals surface area contributed by atoms with Gasteiger partial charge in [-0.25, -0.2) is 4.98 Å². The van der Waals surface area contributed by atoms with E-state index < -0.39 is 0 Å². The van der Waals surface area contributed by atoms with Crippen LogP contribution in [0.3, 0.4) is 0 Å². The van der Waals surface area contributed by atoms with Crippen molar-refractivity contribution in [3.63, 3.8) is 0 Å². The molecule has 142 valence electrons. The molecule has 1 amide bonds. The molecule has 4 rings (SSSR count). The van der Waals surface area contributed by atoms with Crippen molar-refractivity contribution in [1.82, 2.24) is 10.3 Å². The number of amides is 1. The molecule has 1 aliphatic heterocycles. The zero-order valence-electron chi connectivity index (χ0n) is 15.5. The lowest BCUT2D eigenvalue weighted by Crippen LogP contribution is -2.43. The van der Waals surface area contributed by atoms with Crippen molar-refractivity contribution in [1.29, 1.82) is 0 Å². The number of carbonyl (C=O) groups is 1. The summed E-state index contributed by atoms with van der Waals surface area (Å²) in [7, 11) is 0. The minimum atomic E-state index is -0.153. The maximum absolute atomic E-state index is 12.4. The van der Waals surface area contributed by atoms with E-state index in [0.717, 1.165) is 42.5 Å². The van der Waals surface area contributed by atoms with Gasteiger partial charge in [-0.05, 0) is 37.5 Å². The molecule has 7 N–H and O–H groups in total. The van der Waals surface area contributed by atoms with Crippen LogP contribution < -0.4 is 27.4 Å². The highest BCUT2D eigenvalue weighted by atomic mass is 16.1. The van der Waals surface area contributed by atoms with E-state index >= 15 is 0 Å². The first-order chi connectivity index (χ1) is 13.0. The SMILES string of the molecule is Cc1cccc(Nc2nc(N[C@@H]3CCCC[C@@H]3N)c(N)c3c2C(=O)NC3)c1. The number of nitrogens with zero attached hydrogens (tertiary/aromatic N) is 1. The van der Waals surface area contributed by atoms with Gasteiger partial charge in [0.1, 0.15) is 5.82 Å². The number of nitrogen functional groups attached to an aromatic ring is 1. The van der Waals surface area contributed by atoms with Gasteiger partial charge in [0, 0.05) is 29.9 Å². The molecule has 1 aromatic carbocycles. The van der Waals surface area contributed by atoms with Crippen LogP contribution in [0.25, 0.3) is 0 Å². The first-order valence-electron chi connectivity index (χ1n) is 9.49. The summed E-state index contributed by atoms with van der Waals surface area (Å²) < 4.78 is 0. The van der Waals surface area contributed by atoms with E-state index in [0.29, 0.717) is 29.4 Å². The molecule has 2 aliphatic rings. The number of benzene rings is 1. The standard InChI is InChI=1S/C20H26N6O/c1-11-5-4-6-12(9-11)24-18-16-13(10-23-20(16)27)17(22)19(26-18)25-15-8-3-2-7-14(15)21/h4-6,9,14-15H,2-3,7-8,10,21-22H2,1H3,(H,23,27)(H2,24,25,26)/t14-,15+/m0/s1. The molecular weight excluding hydrogens is 340 g/mol. The van der Waals surface area contributed by atoms with E-state index in [9.17, 15) is 4.79 Å². The summed E-state index contributed by atoms with van der Waals surface area (Å²) in [5.41, 5.74) is 16.5. The van der Waals surface area contributed by atoms with Crippen LogP contribution in [0.5, 0.6) is 0 Å². The van der Waals surface area contributed by atoms with Crippen molar-refractivity contribution in [2.24, 2.45) is 5.73 Å². The fraction of sp³-hybridized carbons (Fsp3) is 0.400. The van der Waals surface area contributed by atoms with Gasteiger partial charge >= 0.3 is 0 Å². The van der Waals surface area contributed by atoms with Gasteiger partial charge in [-0.3, -0.25) is 4.79 Å². The number of rotatable bonds is 4. The Morgan fingerprint density at radius 1 is 1.22 bits per heavy atom. The molecule has 7 nitrogen and oxygen atoms in total. The molecule has 2 aromatic rings. The second-order valence-corrected chi connectivity index (χ2v) is 7.45. The average molecular weight is 366 g/mol. The molecule has 1 fully saturated rings. The minimum Gasteiger partial charge on any atom is -0.395 e. The van der Waals surface area contributed by atoms with E-state index in [4.69, 9.17) is 11.5 Å². The Balaban J connectivity index is 1.71. The topological polar surface area (TPSA) is 118 Å². The number of nitrogens with two attached hydrogens (primary N) is 2. The molecular formula is C20H26N6O. The van der Waals surface area contributed by atoms with Crippen molar-refractivity contribution in [2.75, 3.05) is 16.4 Å². The number of pyridine rings is 1. The molecule has 27 heavy (non-hydrogen) atoms. The van der Waals surface area contributed by atoms with Gasteiger partial charge in [0.2, 0.25) is 0 Å². The number of hydrogen-bond donors (Lipinski definition) is 5. The summed E-state index contributed by atoms with van der Waals surface area (Å²) in [6.45, 7) is 2.44. The lowest BCUT2D eigenvalue weighted by atomic mass is 9.91. The molecule has 2 heterocycles. The summed E-state index contributed by atoms with van der Waals surface area (Å²) in [5, 5.41) is 9.59. The predicted molar refractivity (Wildman–Crippen MR) is 108 cm³/mol. The first kappa shape index (κ1) is 17.6. The molecule has 0 saturated heterocycles. The Labute approximate surface area is 158 Å². The number of nitrogens with one attached hydrogen (secondary N) is 3. The summed E-state index contributed by atoms with van der Waals surface area (Å²) in [5.74, 6) is 0.967. The normalized spacial score (nSPS) is 21.5. The lowest BCUT2D eigenvalue weighted by molar-refractivity contribution is 0.0966. The molecule has 0 unspecified atom stereocenters. The summed E-state index contributed by atoms with van der Waals surface area (Å²) >= 11 is 0. The van der Waals surface area contributed by atoms with Gasteiger partial charge in [-0.15, -0.1) is 0 Å². The van der Waals surface area contributed by atoms with E-state index in [-0.39, 0.29) is 18.0 Å². The largest absolute Gasteiger partial charge is 0.395 e. The zero-order chi connectivity index (χ0) is 19.0. The molecule has 0 spiro atoms. The van der Waals surface area contributed by atoms with E-state index in [2.05, 4.69) is 20.9 Å². The second-order valence-electron chi connectivity index (χ2n) is 7.45. The highest BCUT2D eigenvalue weighted by Gasteiger charge is 2.30. The van der Waals surface area contributed by atoms with Gasteiger partial charge in [0.15, 0.2) is 5.82 Å². The van der Waals surface area contributed by atoms with Crippen LogP contribution in [-0.2, 0) is 6.54 Å². The highest BCUT2D eigenvalue weighted by Crippen LogP contribution is 2.35. The summed E-state index contributed by atoms with van der Waals surface area (Å²) in [6.07, 6.45) is 4.30. The van der Waals surface area contributed by atoms with Crippen LogP contribution in [0.4, 0.5) is 23.0 Å². The maximum Gasteiger partial charge on any atom is 0.255 e. The predicted octanol–water partition coefficient (Wildman–Crippen LogP) is 2.64. The third-order valence-corrected chi connectivity index (χ3v) is 5.42. The number of aryl methyl sites for hydroxylation is 1. The molecule has 0 bridgehead atoms. The molecule has 1 aliphatic carbocycles. The Bertz CT molecular complexity index is 881. The number of carbonyl (C=O) groups excluding carboxylic acids is 1. The quantitative estimate of drug-likeness (QED) is 0.568. The van der Waals surface area contributed by atoms with Gasteiger partial charge in [-0.2, -0.15) is 0 Å². The number of fused-ring (bicyclic) bond motifs is 1. The van der Waals surface area contributed by atoms with Crippen molar-refractivity contribution >= 4 is 28.9 Å². The smallest absolute Gasteiger partial charge is 0.255 e. The Hall–Kier alpha value is -2.80.